The topological polar surface area (TPSA) is 80.3 Å². The van der Waals surface area contributed by atoms with E-state index in [1.807, 2.05) is 25.1 Å². The molecular weight excluding hydrogens is 565 g/mol. The van der Waals surface area contributed by atoms with Crippen molar-refractivity contribution < 1.29 is 13.6 Å². The van der Waals surface area contributed by atoms with Crippen LogP contribution in [0.5, 0.6) is 0 Å². The fourth-order valence-electron chi connectivity index (χ4n) is 3.66. The maximum Gasteiger partial charge on any atom is 0.250 e. The van der Waals surface area contributed by atoms with Gasteiger partial charge in [-0.1, -0.05) is 46.9 Å². The van der Waals surface area contributed by atoms with Gasteiger partial charge in [0.1, 0.15) is 17.0 Å². The maximum absolute atomic E-state index is 12.4. The molecule has 10 heteroatoms. The van der Waals surface area contributed by atoms with E-state index in [1.54, 1.807) is 48.5 Å². The highest BCUT2D eigenvalue weighted by Crippen LogP contribution is 2.34. The van der Waals surface area contributed by atoms with Crippen molar-refractivity contribution in [3.8, 4) is 22.8 Å². The number of fused-ring (bicyclic) bond motifs is 1. The monoisotopic (exact) mass is 581 g/mol. The summed E-state index contributed by atoms with van der Waals surface area (Å²) in [4.78, 5) is 17.0. The number of aromatic nitrogens is 1. The molecule has 0 bridgehead atoms. The first-order chi connectivity index (χ1) is 18.3. The molecule has 2 heterocycles. The number of anilines is 1. The molecule has 2 N–H and O–H groups in total. The van der Waals surface area contributed by atoms with E-state index < -0.39 is 5.91 Å². The Balaban J connectivity index is 1.24. The number of hydrogen-bond acceptors (Lipinski definition) is 5. The first-order valence-electron chi connectivity index (χ1n) is 11.3. The number of benzene rings is 3. The lowest BCUT2D eigenvalue weighted by atomic mass is 10.2. The van der Waals surface area contributed by atoms with Crippen LogP contribution >= 0.6 is 47.0 Å². The summed E-state index contributed by atoms with van der Waals surface area (Å²) in [6.45, 7) is 1.99. The van der Waals surface area contributed by atoms with Crippen molar-refractivity contribution in [2.24, 2.45) is 0 Å². The molecule has 5 rings (SSSR count). The molecular formula is C28H18Cl3N3O3S. The Morgan fingerprint density at radius 3 is 2.66 bits per heavy atom. The van der Waals surface area contributed by atoms with E-state index in [1.165, 1.54) is 12.2 Å². The normalized spacial score (nSPS) is 11.3. The molecule has 0 saturated heterocycles. The summed E-state index contributed by atoms with van der Waals surface area (Å²) in [5, 5.41) is 6.82. The van der Waals surface area contributed by atoms with Gasteiger partial charge in [-0.3, -0.25) is 10.1 Å². The Hall–Kier alpha value is -3.62. The summed E-state index contributed by atoms with van der Waals surface area (Å²) < 4.78 is 11.6. The SMILES string of the molecule is Cc1ccc2oc(-c3ccc(Cl)c(NC(=S)NC(=O)C=Cc4ccc(-c5cccc(Cl)c5Cl)o4)c3)nc2c1. The summed E-state index contributed by atoms with van der Waals surface area (Å²) in [5.74, 6) is 0.968. The lowest BCUT2D eigenvalue weighted by molar-refractivity contribution is -0.115. The number of rotatable bonds is 5. The molecule has 0 unspecified atom stereocenters. The van der Waals surface area contributed by atoms with Crippen LogP contribution in [0, 0.1) is 6.92 Å². The first kappa shape index (κ1) is 26.0. The summed E-state index contributed by atoms with van der Waals surface area (Å²) >= 11 is 24.0. The highest BCUT2D eigenvalue weighted by atomic mass is 35.5. The number of oxazole rings is 1. The molecule has 2 aromatic heterocycles. The molecule has 0 aliphatic rings. The average molecular weight is 583 g/mol. The Bertz CT molecular complexity index is 1730. The van der Waals surface area contributed by atoms with Crippen LogP contribution in [0.2, 0.25) is 15.1 Å². The third kappa shape index (κ3) is 5.76. The summed E-state index contributed by atoms with van der Waals surface area (Å²) in [5.41, 5.74) is 4.38. The van der Waals surface area contributed by atoms with E-state index in [4.69, 9.17) is 55.9 Å². The number of hydrogen-bond donors (Lipinski definition) is 2. The molecule has 190 valence electrons. The zero-order valence-corrected chi connectivity index (χ0v) is 22.8. The van der Waals surface area contributed by atoms with E-state index >= 15 is 0 Å². The predicted octanol–water partition coefficient (Wildman–Crippen LogP) is 8.55. The Labute approximate surface area is 238 Å². The van der Waals surface area contributed by atoms with Gasteiger partial charge in [0.25, 0.3) is 0 Å². The fourth-order valence-corrected chi connectivity index (χ4v) is 4.43. The first-order valence-corrected chi connectivity index (χ1v) is 12.8. The number of amides is 1. The van der Waals surface area contributed by atoms with Crippen molar-refractivity contribution in [2.75, 3.05) is 5.32 Å². The molecule has 0 aliphatic carbocycles. The number of halogens is 3. The molecule has 0 aliphatic heterocycles. The van der Waals surface area contributed by atoms with Crippen LogP contribution in [0.25, 0.3) is 40.0 Å². The molecule has 6 nitrogen and oxygen atoms in total. The third-order valence-corrected chi connectivity index (χ3v) is 6.84. The van der Waals surface area contributed by atoms with E-state index in [9.17, 15) is 4.79 Å². The van der Waals surface area contributed by atoms with Crippen molar-refractivity contribution in [3.63, 3.8) is 0 Å². The summed E-state index contributed by atoms with van der Waals surface area (Å²) in [6.07, 6.45) is 2.82. The molecule has 1 amide bonds. The Kier molecular flexibility index (Phi) is 7.53. The molecule has 0 fully saturated rings. The van der Waals surface area contributed by atoms with Crippen molar-refractivity contribution in [3.05, 3.63) is 99.2 Å². The van der Waals surface area contributed by atoms with Gasteiger partial charge in [-0.15, -0.1) is 0 Å². The molecule has 38 heavy (non-hydrogen) atoms. The van der Waals surface area contributed by atoms with Gasteiger partial charge < -0.3 is 14.2 Å². The van der Waals surface area contributed by atoms with Crippen LogP contribution in [0.15, 0.2) is 81.6 Å². The highest BCUT2D eigenvalue weighted by Gasteiger charge is 2.13. The van der Waals surface area contributed by atoms with Crippen LogP contribution in [-0.2, 0) is 4.79 Å². The Morgan fingerprint density at radius 1 is 0.974 bits per heavy atom. The zero-order valence-electron chi connectivity index (χ0n) is 19.7. The van der Waals surface area contributed by atoms with Crippen LogP contribution < -0.4 is 10.6 Å². The fraction of sp³-hybridized carbons (Fsp3) is 0.0357. The van der Waals surface area contributed by atoms with Crippen molar-refractivity contribution in [1.82, 2.24) is 10.3 Å². The van der Waals surface area contributed by atoms with E-state index in [0.29, 0.717) is 54.9 Å². The predicted molar refractivity (Wildman–Crippen MR) is 157 cm³/mol. The van der Waals surface area contributed by atoms with E-state index in [2.05, 4.69) is 15.6 Å². The van der Waals surface area contributed by atoms with Gasteiger partial charge in [0.15, 0.2) is 10.7 Å². The lowest BCUT2D eigenvalue weighted by Gasteiger charge is -2.10. The molecule has 5 aromatic rings. The van der Waals surface area contributed by atoms with Gasteiger partial charge >= 0.3 is 0 Å². The lowest BCUT2D eigenvalue weighted by Crippen LogP contribution is -2.32. The van der Waals surface area contributed by atoms with E-state index in [0.717, 1.165) is 11.1 Å². The van der Waals surface area contributed by atoms with Crippen molar-refractivity contribution in [1.29, 1.82) is 0 Å². The molecule has 3 aromatic carbocycles. The van der Waals surface area contributed by atoms with Gasteiger partial charge in [0.05, 0.1) is 20.8 Å². The average Bonchev–Trinajstić information content (AvgIpc) is 3.52. The second-order valence-corrected chi connectivity index (χ2v) is 9.87. The minimum Gasteiger partial charge on any atom is -0.457 e. The van der Waals surface area contributed by atoms with Crippen molar-refractivity contribution >= 4 is 80.9 Å². The second kappa shape index (κ2) is 11.0. The number of carbonyl (C=O) groups excluding carboxylic acids is 1. The van der Waals surface area contributed by atoms with Gasteiger partial charge in [-0.25, -0.2) is 4.98 Å². The van der Waals surface area contributed by atoms with Gasteiger partial charge in [-0.2, -0.15) is 0 Å². The van der Waals surface area contributed by atoms with Gasteiger partial charge in [-0.05, 0) is 85.4 Å². The van der Waals surface area contributed by atoms with E-state index in [-0.39, 0.29) is 5.11 Å². The summed E-state index contributed by atoms with van der Waals surface area (Å²) in [7, 11) is 0. The number of nitrogens with zero attached hydrogens (tertiary/aromatic N) is 1. The quantitative estimate of drug-likeness (QED) is 0.160. The smallest absolute Gasteiger partial charge is 0.250 e. The van der Waals surface area contributed by atoms with Gasteiger partial charge in [0, 0.05) is 17.2 Å². The minimum atomic E-state index is -0.456. The maximum atomic E-state index is 12.4. The van der Waals surface area contributed by atoms with Crippen molar-refractivity contribution in [2.45, 2.75) is 6.92 Å². The Morgan fingerprint density at radius 2 is 1.82 bits per heavy atom. The van der Waals surface area contributed by atoms with Crippen LogP contribution in [0.3, 0.4) is 0 Å². The largest absolute Gasteiger partial charge is 0.457 e. The molecule has 0 saturated carbocycles. The third-order valence-electron chi connectivity index (χ3n) is 5.48. The molecule has 0 radical (unpaired) electrons. The zero-order chi connectivity index (χ0) is 26.8. The number of carbonyl (C=O) groups is 1. The number of furan rings is 1. The highest BCUT2D eigenvalue weighted by molar-refractivity contribution is 7.80. The van der Waals surface area contributed by atoms with Crippen LogP contribution in [0.1, 0.15) is 11.3 Å². The van der Waals surface area contributed by atoms with Gasteiger partial charge in [0.2, 0.25) is 11.8 Å². The number of nitrogens with one attached hydrogen (secondary N) is 2. The number of aryl methyl sites for hydroxylation is 1. The summed E-state index contributed by atoms with van der Waals surface area (Å²) in [6, 6.07) is 19.8. The molecule has 0 atom stereocenters. The second-order valence-electron chi connectivity index (χ2n) is 8.26. The van der Waals surface area contributed by atoms with Crippen LogP contribution in [0.4, 0.5) is 5.69 Å². The minimum absolute atomic E-state index is 0.0673. The molecule has 0 spiro atoms. The standard InChI is InChI=1S/C28H18Cl3N3O3S/c1-15-5-10-24-22(13-15)32-27(37-24)16-6-9-19(29)21(14-16)33-28(38)34-25(35)12-8-17-7-11-23(36-17)18-3-2-4-20(30)26(18)31/h2-14H,1H3,(H2,33,34,35,38). The van der Waals surface area contributed by atoms with Crippen LogP contribution in [-0.4, -0.2) is 16.0 Å². The number of thiocarbonyl (C=S) groups is 1.